The fourth-order valence-electron chi connectivity index (χ4n) is 1.68. The Morgan fingerprint density at radius 1 is 0.800 bits per heavy atom. The van der Waals surface area contributed by atoms with Crippen LogP contribution in [0.2, 0.25) is 0 Å². The lowest BCUT2D eigenvalue weighted by Gasteiger charge is -2.01. The Morgan fingerprint density at radius 2 is 1.20 bits per heavy atom. The maximum Gasteiger partial charge on any atom is 0.0671 e. The molecule has 2 rings (SSSR count). The molecule has 2 aromatic carbocycles. The highest BCUT2D eigenvalue weighted by Crippen LogP contribution is 2.12. The number of nitrogens with zero attached hydrogens (tertiary/aromatic N) is 2. The molecule has 0 amide bonds. The molecule has 102 valence electrons. The minimum absolute atomic E-state index is 0.746. The van der Waals surface area contributed by atoms with Crippen molar-refractivity contribution in [2.45, 2.75) is 13.8 Å². The van der Waals surface area contributed by atoms with E-state index in [4.69, 9.17) is 5.73 Å². The Balaban J connectivity index is 2.19. The number of nitrogens with two attached hydrogens (primary N) is 1. The minimum Gasteiger partial charge on any atom is -0.399 e. The van der Waals surface area contributed by atoms with Gasteiger partial charge < -0.3 is 5.73 Å². The van der Waals surface area contributed by atoms with Gasteiger partial charge in [0, 0.05) is 10.2 Å². The molecule has 0 aliphatic carbocycles. The second-order valence-corrected chi connectivity index (χ2v) is 5.42. The first-order chi connectivity index (χ1) is 9.56. The Bertz CT molecular complexity index is 581. The summed E-state index contributed by atoms with van der Waals surface area (Å²) < 4.78 is 1.05. The van der Waals surface area contributed by atoms with E-state index in [1.54, 1.807) is 0 Å². The molecule has 0 saturated heterocycles. The average Bonchev–Trinajstić information content (AvgIpc) is 2.46. The van der Waals surface area contributed by atoms with Gasteiger partial charge in [0.2, 0.25) is 0 Å². The largest absolute Gasteiger partial charge is 0.399 e. The highest BCUT2D eigenvalue weighted by molar-refractivity contribution is 9.10. The summed E-state index contributed by atoms with van der Waals surface area (Å²) in [5, 5.41) is 8.56. The second kappa shape index (κ2) is 6.48. The highest BCUT2D eigenvalue weighted by atomic mass is 79.9. The van der Waals surface area contributed by atoms with Gasteiger partial charge in [-0.2, -0.15) is 10.2 Å². The van der Waals surface area contributed by atoms with E-state index in [-0.39, 0.29) is 0 Å². The van der Waals surface area contributed by atoms with Crippen LogP contribution in [0.3, 0.4) is 0 Å². The van der Waals surface area contributed by atoms with Crippen LogP contribution in [-0.4, -0.2) is 11.4 Å². The van der Waals surface area contributed by atoms with Gasteiger partial charge in [0.1, 0.15) is 0 Å². The van der Waals surface area contributed by atoms with Gasteiger partial charge in [0.15, 0.2) is 0 Å². The molecular formula is C16H16BrN3. The third kappa shape index (κ3) is 3.78. The molecule has 20 heavy (non-hydrogen) atoms. The van der Waals surface area contributed by atoms with Gasteiger partial charge >= 0.3 is 0 Å². The third-order valence-corrected chi connectivity index (χ3v) is 3.47. The van der Waals surface area contributed by atoms with E-state index in [0.717, 1.165) is 32.7 Å². The summed E-state index contributed by atoms with van der Waals surface area (Å²) in [7, 11) is 0. The van der Waals surface area contributed by atoms with Gasteiger partial charge in [-0.3, -0.25) is 0 Å². The number of hydrogen-bond donors (Lipinski definition) is 1. The third-order valence-electron chi connectivity index (χ3n) is 2.94. The van der Waals surface area contributed by atoms with Crippen molar-refractivity contribution in [1.82, 2.24) is 0 Å². The standard InChI is InChI=1S/C16H16BrN3/c1-11(13-3-7-15(17)8-4-13)19-20-12(2)14-5-9-16(18)10-6-14/h3-10H,18H2,1-2H3/b19-11+,20-12+. The van der Waals surface area contributed by atoms with Crippen LogP contribution in [0.1, 0.15) is 25.0 Å². The van der Waals surface area contributed by atoms with E-state index in [9.17, 15) is 0 Å². The first-order valence-corrected chi connectivity index (χ1v) is 7.06. The van der Waals surface area contributed by atoms with Crippen molar-refractivity contribution in [3.63, 3.8) is 0 Å². The number of anilines is 1. The number of hydrogen-bond acceptors (Lipinski definition) is 3. The summed E-state index contributed by atoms with van der Waals surface area (Å²) >= 11 is 3.42. The molecule has 0 saturated carbocycles. The van der Waals surface area contributed by atoms with Gasteiger partial charge in [-0.05, 0) is 49.2 Å². The van der Waals surface area contributed by atoms with Crippen molar-refractivity contribution >= 4 is 33.0 Å². The maximum atomic E-state index is 5.67. The van der Waals surface area contributed by atoms with Gasteiger partial charge in [0.05, 0.1) is 11.4 Å². The summed E-state index contributed by atoms with van der Waals surface area (Å²) in [6.07, 6.45) is 0. The zero-order valence-electron chi connectivity index (χ0n) is 11.5. The van der Waals surface area contributed by atoms with E-state index in [1.807, 2.05) is 62.4 Å². The highest BCUT2D eigenvalue weighted by Gasteiger charge is 1.99. The lowest BCUT2D eigenvalue weighted by molar-refractivity contribution is 1.22. The zero-order valence-corrected chi connectivity index (χ0v) is 13.1. The van der Waals surface area contributed by atoms with Gasteiger partial charge in [0.25, 0.3) is 0 Å². The molecule has 3 nitrogen and oxygen atoms in total. The number of benzene rings is 2. The Kier molecular flexibility index (Phi) is 4.69. The van der Waals surface area contributed by atoms with Crippen molar-refractivity contribution < 1.29 is 0 Å². The smallest absolute Gasteiger partial charge is 0.0671 e. The minimum atomic E-state index is 0.746. The van der Waals surface area contributed by atoms with Crippen LogP contribution in [0.15, 0.2) is 63.2 Å². The van der Waals surface area contributed by atoms with Crippen LogP contribution in [0, 0.1) is 0 Å². The predicted octanol–water partition coefficient (Wildman–Crippen LogP) is 4.26. The molecule has 0 aliphatic rings. The maximum absolute atomic E-state index is 5.67. The second-order valence-electron chi connectivity index (χ2n) is 4.50. The molecule has 0 heterocycles. The van der Waals surface area contributed by atoms with E-state index < -0.39 is 0 Å². The molecule has 0 bridgehead atoms. The van der Waals surface area contributed by atoms with Crippen LogP contribution in [0.4, 0.5) is 5.69 Å². The molecule has 2 aromatic rings. The van der Waals surface area contributed by atoms with Crippen molar-refractivity contribution in [2.24, 2.45) is 10.2 Å². The molecule has 0 radical (unpaired) electrons. The van der Waals surface area contributed by atoms with E-state index in [2.05, 4.69) is 26.1 Å². The molecule has 0 fully saturated rings. The van der Waals surface area contributed by atoms with Crippen molar-refractivity contribution in [3.05, 3.63) is 64.1 Å². The summed E-state index contributed by atoms with van der Waals surface area (Å²) in [5.41, 5.74) is 10.2. The lowest BCUT2D eigenvalue weighted by atomic mass is 10.1. The fourth-order valence-corrected chi connectivity index (χ4v) is 1.95. The van der Waals surface area contributed by atoms with Crippen LogP contribution in [0.5, 0.6) is 0 Å². The van der Waals surface area contributed by atoms with E-state index in [0.29, 0.717) is 0 Å². The van der Waals surface area contributed by atoms with Crippen molar-refractivity contribution in [3.8, 4) is 0 Å². The topological polar surface area (TPSA) is 50.7 Å². The lowest BCUT2D eigenvalue weighted by Crippen LogP contribution is -1.97. The summed E-state index contributed by atoms with van der Waals surface area (Å²) in [6, 6.07) is 15.6. The first-order valence-electron chi connectivity index (χ1n) is 6.27. The van der Waals surface area contributed by atoms with E-state index >= 15 is 0 Å². The molecule has 4 heteroatoms. The molecule has 0 aliphatic heterocycles. The molecule has 0 unspecified atom stereocenters. The van der Waals surface area contributed by atoms with Crippen LogP contribution >= 0.6 is 15.9 Å². The molecule has 0 atom stereocenters. The van der Waals surface area contributed by atoms with Crippen molar-refractivity contribution in [1.29, 1.82) is 0 Å². The molecule has 0 spiro atoms. The number of rotatable bonds is 3. The molecular weight excluding hydrogens is 314 g/mol. The normalized spacial score (nSPS) is 12.6. The average molecular weight is 330 g/mol. The molecule has 2 N–H and O–H groups in total. The Morgan fingerprint density at radius 3 is 1.65 bits per heavy atom. The van der Waals surface area contributed by atoms with Crippen molar-refractivity contribution in [2.75, 3.05) is 5.73 Å². The number of halogens is 1. The van der Waals surface area contributed by atoms with Crippen LogP contribution in [0.25, 0.3) is 0 Å². The monoisotopic (exact) mass is 329 g/mol. The quantitative estimate of drug-likeness (QED) is 0.510. The zero-order chi connectivity index (χ0) is 14.5. The van der Waals surface area contributed by atoms with Gasteiger partial charge in [-0.15, -0.1) is 0 Å². The first kappa shape index (κ1) is 14.5. The number of nitrogen functional groups attached to an aromatic ring is 1. The summed E-state index contributed by atoms with van der Waals surface area (Å²) in [5.74, 6) is 0. The van der Waals surface area contributed by atoms with Gasteiger partial charge in [-0.25, -0.2) is 0 Å². The van der Waals surface area contributed by atoms with E-state index in [1.165, 1.54) is 0 Å². The SMILES string of the molecule is C/C(=N\N=C(/C)c1ccc(Br)cc1)c1ccc(N)cc1. The summed E-state index contributed by atoms with van der Waals surface area (Å²) in [6.45, 7) is 3.88. The van der Waals surface area contributed by atoms with Crippen LogP contribution in [-0.2, 0) is 0 Å². The molecule has 0 aromatic heterocycles. The fraction of sp³-hybridized carbons (Fsp3) is 0.125. The van der Waals surface area contributed by atoms with Crippen LogP contribution < -0.4 is 5.73 Å². The Hall–Kier alpha value is -1.94. The van der Waals surface area contributed by atoms with Gasteiger partial charge in [-0.1, -0.05) is 40.2 Å². The summed E-state index contributed by atoms with van der Waals surface area (Å²) in [4.78, 5) is 0. The predicted molar refractivity (Wildman–Crippen MR) is 89.4 cm³/mol. The Labute approximate surface area is 127 Å².